The highest BCUT2D eigenvalue weighted by atomic mass is 16.3. The quantitative estimate of drug-likeness (QED) is 0.476. The summed E-state index contributed by atoms with van der Waals surface area (Å²) in [4.78, 5) is 7.13. The van der Waals surface area contributed by atoms with Gasteiger partial charge in [-0.15, -0.1) is 0 Å². The molecular formula is C9H7N3O. The molecule has 1 aromatic heterocycles. The zero-order valence-corrected chi connectivity index (χ0v) is 6.81. The monoisotopic (exact) mass is 173 g/mol. The van der Waals surface area contributed by atoms with E-state index in [1.54, 1.807) is 24.4 Å². The first-order valence-corrected chi connectivity index (χ1v) is 3.88. The molecule has 1 aromatic rings. The zero-order chi connectivity index (χ0) is 9.26. The Morgan fingerprint density at radius 2 is 2.38 bits per heavy atom. The fourth-order valence-corrected chi connectivity index (χ4v) is 1.34. The van der Waals surface area contributed by atoms with Gasteiger partial charge in [0, 0.05) is 6.20 Å². The van der Waals surface area contributed by atoms with E-state index in [9.17, 15) is 5.11 Å². The molecule has 2 rings (SSSR count). The van der Waals surface area contributed by atoms with Crippen molar-refractivity contribution in [1.82, 2.24) is 4.98 Å². The Hall–Kier alpha value is -1.93. The van der Waals surface area contributed by atoms with Crippen LogP contribution in [0, 0.1) is 0 Å². The number of aliphatic hydroxyl groups is 1. The first-order valence-electron chi connectivity index (χ1n) is 3.88. The van der Waals surface area contributed by atoms with Crippen molar-refractivity contribution in [3.8, 4) is 0 Å². The Morgan fingerprint density at radius 1 is 1.54 bits per heavy atom. The molecule has 0 spiro atoms. The van der Waals surface area contributed by atoms with Gasteiger partial charge in [0.2, 0.25) is 0 Å². The van der Waals surface area contributed by atoms with E-state index >= 15 is 0 Å². The van der Waals surface area contributed by atoms with Crippen LogP contribution in [0.1, 0.15) is 17.7 Å². The van der Waals surface area contributed by atoms with Gasteiger partial charge in [-0.1, -0.05) is 0 Å². The lowest BCUT2D eigenvalue weighted by Gasteiger charge is -2.07. The molecule has 0 amide bonds. The third-order valence-corrected chi connectivity index (χ3v) is 1.97. The average molecular weight is 173 g/mol. The van der Waals surface area contributed by atoms with Crippen LogP contribution in [0.25, 0.3) is 11.3 Å². The molecule has 1 N–H and O–H groups in total. The van der Waals surface area contributed by atoms with Gasteiger partial charge >= 0.3 is 5.71 Å². The largest absolute Gasteiger partial charge is 0.506 e. The fraction of sp³-hybridized carbons (Fsp3) is 0.111. The molecular weight excluding hydrogens is 166 g/mol. The second-order valence-corrected chi connectivity index (χ2v) is 2.74. The number of hydrogen-bond donors (Lipinski definition) is 1. The molecule has 0 aliphatic heterocycles. The summed E-state index contributed by atoms with van der Waals surface area (Å²) in [5.74, 6) is 0.142. The normalized spacial score (nSPS) is 14.5. The number of nitrogens with zero attached hydrogens (tertiary/aromatic N) is 3. The lowest BCUT2D eigenvalue weighted by Crippen LogP contribution is -2.11. The van der Waals surface area contributed by atoms with Crippen molar-refractivity contribution in [3.05, 3.63) is 41.2 Å². The van der Waals surface area contributed by atoms with Crippen molar-refractivity contribution in [2.75, 3.05) is 0 Å². The molecule has 4 heteroatoms. The topological polar surface area (TPSA) is 69.5 Å². The second-order valence-electron chi connectivity index (χ2n) is 2.74. The Bertz CT molecular complexity index is 430. The Balaban J connectivity index is 2.70. The number of rotatable bonds is 0. The third kappa shape index (κ3) is 1.13. The second kappa shape index (κ2) is 2.84. The van der Waals surface area contributed by atoms with Gasteiger partial charge in [-0.25, -0.2) is 0 Å². The van der Waals surface area contributed by atoms with Gasteiger partial charge in [0.1, 0.15) is 11.5 Å². The fourth-order valence-electron chi connectivity index (χ4n) is 1.34. The van der Waals surface area contributed by atoms with E-state index < -0.39 is 0 Å². The van der Waals surface area contributed by atoms with Crippen LogP contribution in [0.2, 0.25) is 0 Å². The molecule has 0 unspecified atom stereocenters. The summed E-state index contributed by atoms with van der Waals surface area (Å²) in [6.45, 7) is 0. The minimum absolute atomic E-state index is 0.142. The number of allylic oxidation sites excluding steroid dienone is 1. The van der Waals surface area contributed by atoms with Crippen LogP contribution in [0.3, 0.4) is 0 Å². The Morgan fingerprint density at radius 3 is 3.15 bits per heavy atom. The molecule has 64 valence electrons. The Labute approximate surface area is 74.8 Å². The van der Waals surface area contributed by atoms with Crippen LogP contribution in [0.4, 0.5) is 0 Å². The average Bonchev–Trinajstić information content (AvgIpc) is 2.19. The van der Waals surface area contributed by atoms with Crippen molar-refractivity contribution < 1.29 is 9.90 Å². The van der Waals surface area contributed by atoms with Gasteiger partial charge in [0.15, 0.2) is 0 Å². The van der Waals surface area contributed by atoms with Crippen molar-refractivity contribution in [2.45, 2.75) is 6.42 Å². The molecule has 0 aromatic carbocycles. The molecule has 0 radical (unpaired) electrons. The molecule has 1 aliphatic rings. The van der Waals surface area contributed by atoms with Crippen LogP contribution in [-0.4, -0.2) is 20.6 Å². The minimum Gasteiger partial charge on any atom is -0.506 e. The molecule has 0 bridgehead atoms. The summed E-state index contributed by atoms with van der Waals surface area (Å²) < 4.78 is 0. The van der Waals surface area contributed by atoms with E-state index in [1.807, 2.05) is 0 Å². The maximum absolute atomic E-state index is 9.44. The number of fused-ring (bicyclic) bond motifs is 1. The predicted molar refractivity (Wildman–Crippen MR) is 47.2 cm³/mol. The molecule has 0 atom stereocenters. The standard InChI is InChI=1S/C9H7N3O/c10-12-7-3-4-8(13)9-6(7)2-1-5-11-9/h1-2,4-5,13H,3H2. The molecule has 1 heterocycles. The molecule has 0 fully saturated rings. The van der Waals surface area contributed by atoms with E-state index in [0.717, 1.165) is 0 Å². The zero-order valence-electron chi connectivity index (χ0n) is 6.81. The van der Waals surface area contributed by atoms with Crippen molar-refractivity contribution >= 4 is 11.5 Å². The van der Waals surface area contributed by atoms with E-state index in [1.165, 1.54) is 0 Å². The van der Waals surface area contributed by atoms with Gasteiger partial charge in [-0.05, 0) is 18.2 Å². The van der Waals surface area contributed by atoms with Gasteiger partial charge in [0.05, 0.1) is 12.0 Å². The number of aliphatic hydroxyl groups excluding tert-OH is 1. The lowest BCUT2D eigenvalue weighted by molar-refractivity contribution is -0.00620. The van der Waals surface area contributed by atoms with Crippen LogP contribution in [-0.2, 0) is 0 Å². The summed E-state index contributed by atoms with van der Waals surface area (Å²) >= 11 is 0. The highest BCUT2D eigenvalue weighted by Gasteiger charge is 2.23. The lowest BCUT2D eigenvalue weighted by atomic mass is 9.99. The highest BCUT2D eigenvalue weighted by molar-refractivity contribution is 6.03. The van der Waals surface area contributed by atoms with Gasteiger partial charge in [-0.2, -0.15) is 4.79 Å². The van der Waals surface area contributed by atoms with Crippen LogP contribution >= 0.6 is 0 Å². The molecule has 0 saturated carbocycles. The number of pyridine rings is 1. The van der Waals surface area contributed by atoms with Crippen molar-refractivity contribution in [1.29, 1.82) is 0 Å². The van der Waals surface area contributed by atoms with Crippen LogP contribution < -0.4 is 0 Å². The first-order chi connectivity index (χ1) is 6.33. The third-order valence-electron chi connectivity index (χ3n) is 1.97. The van der Waals surface area contributed by atoms with E-state index in [4.69, 9.17) is 5.53 Å². The molecule has 13 heavy (non-hydrogen) atoms. The summed E-state index contributed by atoms with van der Waals surface area (Å²) in [7, 11) is 0. The minimum atomic E-state index is 0.142. The van der Waals surface area contributed by atoms with Crippen molar-refractivity contribution in [2.24, 2.45) is 0 Å². The van der Waals surface area contributed by atoms with Gasteiger partial charge in [-0.3, -0.25) is 4.98 Å². The van der Waals surface area contributed by atoms with Crippen LogP contribution in [0.15, 0.2) is 24.4 Å². The van der Waals surface area contributed by atoms with E-state index in [2.05, 4.69) is 9.77 Å². The van der Waals surface area contributed by atoms with Gasteiger partial charge < -0.3 is 10.6 Å². The summed E-state index contributed by atoms with van der Waals surface area (Å²) in [5, 5.41) is 9.44. The maximum atomic E-state index is 9.44. The first kappa shape index (κ1) is 7.71. The maximum Gasteiger partial charge on any atom is 0.305 e. The SMILES string of the molecule is [N-]=[N+]=C1CC=C(O)c2ncccc21. The van der Waals surface area contributed by atoms with E-state index in [0.29, 0.717) is 23.4 Å². The summed E-state index contributed by atoms with van der Waals surface area (Å²) in [6.07, 6.45) is 3.59. The molecule has 0 saturated heterocycles. The predicted octanol–water partition coefficient (Wildman–Crippen LogP) is 1.40. The number of hydrogen-bond acceptors (Lipinski definition) is 2. The van der Waals surface area contributed by atoms with Crippen LogP contribution in [0.5, 0.6) is 0 Å². The van der Waals surface area contributed by atoms with Crippen molar-refractivity contribution in [3.63, 3.8) is 0 Å². The number of aromatic nitrogens is 1. The summed E-state index contributed by atoms with van der Waals surface area (Å²) in [6, 6.07) is 3.50. The smallest absolute Gasteiger partial charge is 0.305 e. The summed E-state index contributed by atoms with van der Waals surface area (Å²) in [5.41, 5.74) is 10.4. The molecule has 4 nitrogen and oxygen atoms in total. The molecule has 1 aliphatic carbocycles. The van der Waals surface area contributed by atoms with Gasteiger partial charge in [0.25, 0.3) is 0 Å². The van der Waals surface area contributed by atoms with E-state index in [-0.39, 0.29) is 5.76 Å². The highest BCUT2D eigenvalue weighted by Crippen LogP contribution is 2.21. The Kier molecular flexibility index (Phi) is 1.69.